The molecule has 4 amide bonds. The Balaban J connectivity index is 0.899. The SMILES string of the molecule is N=C(/C(=C\N[C@H]1C[C@H](CCCNc2ccc3c(c2)C(=O)N(C2CCC(=O)NC2=O)C3=O)C1)c1nccc2ccncc12)C1CC1. The molecule has 1 unspecified atom stereocenters. The van der Waals surface area contributed by atoms with Crippen molar-refractivity contribution in [2.45, 2.75) is 63.5 Å². The van der Waals surface area contributed by atoms with E-state index in [1.165, 1.54) is 0 Å². The zero-order valence-corrected chi connectivity index (χ0v) is 24.8. The average molecular weight is 606 g/mol. The predicted octanol–water partition coefficient (Wildman–Crippen LogP) is 4.06. The number of benzene rings is 1. The third-order valence-electron chi connectivity index (χ3n) is 9.36. The maximum Gasteiger partial charge on any atom is 0.262 e. The number of imide groups is 2. The third-order valence-corrected chi connectivity index (χ3v) is 9.36. The summed E-state index contributed by atoms with van der Waals surface area (Å²) in [7, 11) is 0. The Morgan fingerprint density at radius 3 is 2.62 bits per heavy atom. The molecular formula is C34H35N7O4. The van der Waals surface area contributed by atoms with Crippen molar-refractivity contribution in [3.63, 3.8) is 0 Å². The Morgan fingerprint density at radius 2 is 1.82 bits per heavy atom. The van der Waals surface area contributed by atoms with Crippen molar-refractivity contribution in [2.24, 2.45) is 11.8 Å². The van der Waals surface area contributed by atoms with Gasteiger partial charge < -0.3 is 16.0 Å². The maximum absolute atomic E-state index is 13.1. The van der Waals surface area contributed by atoms with Crippen LogP contribution in [0.5, 0.6) is 0 Å². The summed E-state index contributed by atoms with van der Waals surface area (Å²) in [5.74, 6) is -1.08. The summed E-state index contributed by atoms with van der Waals surface area (Å²) < 4.78 is 0. The molecule has 7 rings (SSSR count). The van der Waals surface area contributed by atoms with E-state index >= 15 is 0 Å². The summed E-state index contributed by atoms with van der Waals surface area (Å²) in [6, 6.07) is 8.43. The van der Waals surface area contributed by atoms with Crippen molar-refractivity contribution in [2.75, 3.05) is 11.9 Å². The van der Waals surface area contributed by atoms with Gasteiger partial charge in [0.15, 0.2) is 0 Å². The highest BCUT2D eigenvalue weighted by Gasteiger charge is 2.44. The van der Waals surface area contributed by atoms with Crippen molar-refractivity contribution in [1.29, 1.82) is 5.41 Å². The summed E-state index contributed by atoms with van der Waals surface area (Å²) in [5, 5.41) is 20.0. The fraction of sp³-hybridized carbons (Fsp3) is 0.382. The molecular weight excluding hydrogens is 570 g/mol. The van der Waals surface area contributed by atoms with Crippen LogP contribution in [0.25, 0.3) is 16.3 Å². The molecule has 2 aliphatic heterocycles. The first-order valence-electron chi connectivity index (χ1n) is 15.7. The van der Waals surface area contributed by atoms with Gasteiger partial charge in [0.25, 0.3) is 11.8 Å². The van der Waals surface area contributed by atoms with E-state index in [9.17, 15) is 19.2 Å². The summed E-state index contributed by atoms with van der Waals surface area (Å²) in [5.41, 5.74) is 3.63. The number of fused-ring (bicyclic) bond motifs is 2. The number of nitrogens with zero attached hydrogens (tertiary/aromatic N) is 3. The van der Waals surface area contributed by atoms with Crippen LogP contribution in [0.15, 0.2) is 55.1 Å². The second-order valence-electron chi connectivity index (χ2n) is 12.5. The van der Waals surface area contributed by atoms with E-state index in [1.54, 1.807) is 30.6 Å². The van der Waals surface area contributed by atoms with Gasteiger partial charge >= 0.3 is 0 Å². The summed E-state index contributed by atoms with van der Waals surface area (Å²) in [6.07, 6.45) is 13.9. The maximum atomic E-state index is 13.1. The molecule has 230 valence electrons. The minimum absolute atomic E-state index is 0.0950. The third kappa shape index (κ3) is 5.70. The van der Waals surface area contributed by atoms with Gasteiger partial charge in [-0.2, -0.15) is 0 Å². The van der Waals surface area contributed by atoms with Gasteiger partial charge in [0.1, 0.15) is 6.04 Å². The highest BCUT2D eigenvalue weighted by Crippen LogP contribution is 2.37. The summed E-state index contributed by atoms with van der Waals surface area (Å²) >= 11 is 0. The number of carbonyl (C=O) groups excluding carboxylic acids is 4. The number of hydrogen-bond donors (Lipinski definition) is 4. The van der Waals surface area contributed by atoms with E-state index in [1.807, 2.05) is 24.5 Å². The molecule has 1 atom stereocenters. The van der Waals surface area contributed by atoms with Gasteiger partial charge in [-0.3, -0.25) is 39.4 Å². The number of hydrogen-bond acceptors (Lipinski definition) is 9. The number of anilines is 1. The Hall–Kier alpha value is -4.93. The number of aromatic nitrogens is 2. The summed E-state index contributed by atoms with van der Waals surface area (Å²) in [4.78, 5) is 59.7. The van der Waals surface area contributed by atoms with Crippen LogP contribution in [0.4, 0.5) is 5.69 Å². The lowest BCUT2D eigenvalue weighted by Gasteiger charge is -2.36. The van der Waals surface area contributed by atoms with E-state index < -0.39 is 29.7 Å². The molecule has 4 aliphatic rings. The number of allylic oxidation sites excluding steroid dienone is 1. The molecule has 0 spiro atoms. The number of rotatable bonds is 11. The summed E-state index contributed by atoms with van der Waals surface area (Å²) in [6.45, 7) is 0.732. The number of piperidine rings is 1. The van der Waals surface area contributed by atoms with E-state index in [0.29, 0.717) is 23.6 Å². The van der Waals surface area contributed by atoms with Crippen LogP contribution in [0.1, 0.15) is 77.8 Å². The van der Waals surface area contributed by atoms with Crippen LogP contribution in [-0.4, -0.2) is 62.8 Å². The van der Waals surface area contributed by atoms with E-state index in [0.717, 1.165) is 77.7 Å². The Kier molecular flexibility index (Phi) is 7.60. The van der Waals surface area contributed by atoms with Crippen LogP contribution < -0.4 is 16.0 Å². The van der Waals surface area contributed by atoms with Gasteiger partial charge in [-0.1, -0.05) is 0 Å². The van der Waals surface area contributed by atoms with Crippen molar-refractivity contribution >= 4 is 51.4 Å². The van der Waals surface area contributed by atoms with Crippen LogP contribution >= 0.6 is 0 Å². The number of amides is 4. The zero-order valence-electron chi connectivity index (χ0n) is 24.8. The van der Waals surface area contributed by atoms with Gasteiger partial charge in [0.2, 0.25) is 11.8 Å². The molecule has 4 N–H and O–H groups in total. The topological polar surface area (TPSA) is 157 Å². The van der Waals surface area contributed by atoms with Crippen LogP contribution in [0.2, 0.25) is 0 Å². The molecule has 1 aromatic carbocycles. The minimum atomic E-state index is -0.966. The van der Waals surface area contributed by atoms with E-state index in [2.05, 4.69) is 25.9 Å². The quantitative estimate of drug-likeness (QED) is 0.145. The lowest BCUT2D eigenvalue weighted by atomic mass is 9.77. The molecule has 2 aromatic heterocycles. The Labute approximate surface area is 260 Å². The van der Waals surface area contributed by atoms with Crippen molar-refractivity contribution in [3.8, 4) is 0 Å². The fourth-order valence-electron chi connectivity index (χ4n) is 6.60. The molecule has 1 saturated heterocycles. The highest BCUT2D eigenvalue weighted by atomic mass is 16.2. The van der Waals surface area contributed by atoms with Gasteiger partial charge in [-0.25, -0.2) is 0 Å². The lowest BCUT2D eigenvalue weighted by molar-refractivity contribution is -0.136. The van der Waals surface area contributed by atoms with Gasteiger partial charge in [-0.15, -0.1) is 0 Å². The Morgan fingerprint density at radius 1 is 1.02 bits per heavy atom. The molecule has 3 fully saturated rings. The molecule has 11 nitrogen and oxygen atoms in total. The largest absolute Gasteiger partial charge is 0.388 e. The molecule has 0 bridgehead atoms. The number of carbonyl (C=O) groups is 4. The molecule has 2 aliphatic carbocycles. The monoisotopic (exact) mass is 605 g/mol. The average Bonchev–Trinajstić information content (AvgIpc) is 3.84. The minimum Gasteiger partial charge on any atom is -0.388 e. The van der Waals surface area contributed by atoms with Gasteiger partial charge in [-0.05, 0) is 86.6 Å². The highest BCUT2D eigenvalue weighted by molar-refractivity contribution is 6.26. The molecule has 45 heavy (non-hydrogen) atoms. The molecule has 2 saturated carbocycles. The first-order chi connectivity index (χ1) is 21.9. The number of pyridine rings is 2. The van der Waals surface area contributed by atoms with Gasteiger partial charge in [0, 0.05) is 72.1 Å². The predicted molar refractivity (Wildman–Crippen MR) is 168 cm³/mol. The second-order valence-corrected chi connectivity index (χ2v) is 12.5. The first-order valence-corrected chi connectivity index (χ1v) is 15.7. The fourth-order valence-corrected chi connectivity index (χ4v) is 6.60. The van der Waals surface area contributed by atoms with E-state index in [4.69, 9.17) is 5.41 Å². The Bertz CT molecular complexity index is 1750. The molecule has 4 heterocycles. The zero-order chi connectivity index (χ0) is 31.1. The van der Waals surface area contributed by atoms with Gasteiger partial charge in [0.05, 0.1) is 16.8 Å². The standard InChI is InChI=1S/C34H35N7O4/c35-30(21-3-4-21)27(31-26-17-36-12-9-20(26)10-13-38-31)18-39-23-14-19(15-23)2-1-11-37-22-5-6-24-25(16-22)34(45)41(33(24)44)28-7-8-29(42)40-32(28)43/h5-6,9-10,12-13,16-19,21,23,28,35,37,39H,1-4,7-8,11,14-15H2,(H,40,42,43)/b27-18+,35-30?/t19-,23-,28?. The normalized spacial score (nSPS) is 23.1. The molecule has 11 heteroatoms. The smallest absolute Gasteiger partial charge is 0.262 e. The lowest BCUT2D eigenvalue weighted by Crippen LogP contribution is -2.54. The van der Waals surface area contributed by atoms with Crippen molar-refractivity contribution in [3.05, 3.63) is 71.9 Å². The van der Waals surface area contributed by atoms with E-state index in [-0.39, 0.29) is 24.0 Å². The number of nitrogens with one attached hydrogen (secondary N) is 4. The van der Waals surface area contributed by atoms with Crippen LogP contribution in [0, 0.1) is 17.2 Å². The molecule has 0 radical (unpaired) electrons. The van der Waals surface area contributed by atoms with Crippen molar-refractivity contribution in [1.82, 2.24) is 25.5 Å². The van der Waals surface area contributed by atoms with Crippen LogP contribution in [-0.2, 0) is 9.59 Å². The molecule has 3 aromatic rings. The van der Waals surface area contributed by atoms with Crippen LogP contribution in [0.3, 0.4) is 0 Å². The second kappa shape index (κ2) is 11.9. The van der Waals surface area contributed by atoms with Crippen molar-refractivity contribution < 1.29 is 19.2 Å². The first kappa shape index (κ1) is 28.8.